The Morgan fingerprint density at radius 3 is 2.19 bits per heavy atom. The fourth-order valence-electron chi connectivity index (χ4n) is 1.46. The molecule has 0 aromatic carbocycles. The highest BCUT2D eigenvalue weighted by molar-refractivity contribution is 5.68. The minimum Gasteiger partial charge on any atom is -0.465 e. The number of rotatable bonds is 7. The van der Waals surface area contributed by atoms with E-state index in [9.17, 15) is 14.4 Å². The van der Waals surface area contributed by atoms with Crippen LogP contribution in [0.15, 0.2) is 0 Å². The van der Waals surface area contributed by atoms with Gasteiger partial charge in [-0.15, -0.1) is 0 Å². The summed E-state index contributed by atoms with van der Waals surface area (Å²) in [5.74, 6) is 0. The van der Waals surface area contributed by atoms with E-state index in [1.54, 1.807) is 20.8 Å². The van der Waals surface area contributed by atoms with E-state index in [-0.39, 0.29) is 13.1 Å². The van der Waals surface area contributed by atoms with E-state index in [2.05, 4.69) is 16.0 Å². The van der Waals surface area contributed by atoms with Crippen LogP contribution in [0.3, 0.4) is 0 Å². The predicted molar refractivity (Wildman–Crippen MR) is 74.4 cm³/mol. The van der Waals surface area contributed by atoms with Crippen LogP contribution in [-0.4, -0.2) is 53.2 Å². The van der Waals surface area contributed by atoms with E-state index in [4.69, 9.17) is 14.9 Å². The first kappa shape index (κ1) is 18.8. The quantitative estimate of drug-likeness (QED) is 0.448. The van der Waals surface area contributed by atoms with Crippen LogP contribution < -0.4 is 16.0 Å². The molecule has 122 valence electrons. The van der Waals surface area contributed by atoms with Gasteiger partial charge in [-0.2, -0.15) is 0 Å². The lowest BCUT2D eigenvalue weighted by Gasteiger charge is -2.22. The first-order valence-electron chi connectivity index (χ1n) is 6.53. The first-order valence-corrected chi connectivity index (χ1v) is 6.53. The number of carboxylic acid groups (broad SMARTS) is 2. The monoisotopic (exact) mass is 305 g/mol. The van der Waals surface area contributed by atoms with Gasteiger partial charge < -0.3 is 30.9 Å². The minimum absolute atomic E-state index is 0.0638. The molecule has 3 amide bonds. The number of carbonyl (C=O) groups is 3. The highest BCUT2D eigenvalue weighted by Gasteiger charge is 2.18. The number of alkyl carbamates (subject to hydrolysis) is 1. The lowest BCUT2D eigenvalue weighted by molar-refractivity contribution is 0.0521. The van der Waals surface area contributed by atoms with Gasteiger partial charge >= 0.3 is 18.3 Å². The molecule has 0 aromatic heterocycles. The second kappa shape index (κ2) is 8.88. The van der Waals surface area contributed by atoms with Gasteiger partial charge in [0.1, 0.15) is 5.60 Å². The summed E-state index contributed by atoms with van der Waals surface area (Å²) in [5.41, 5.74) is -0.634. The molecule has 0 fully saturated rings. The Hall–Kier alpha value is -2.19. The van der Waals surface area contributed by atoms with Crippen LogP contribution in [0.25, 0.3) is 0 Å². The lowest BCUT2D eigenvalue weighted by atomic mass is 10.1. The summed E-state index contributed by atoms with van der Waals surface area (Å²) in [6.07, 6.45) is -2.17. The number of hydrogen-bond acceptors (Lipinski definition) is 4. The first-order chi connectivity index (χ1) is 9.60. The third-order valence-electron chi connectivity index (χ3n) is 2.22. The smallest absolute Gasteiger partial charge is 0.407 e. The molecule has 21 heavy (non-hydrogen) atoms. The summed E-state index contributed by atoms with van der Waals surface area (Å²) in [5, 5.41) is 24.0. The van der Waals surface area contributed by atoms with E-state index >= 15 is 0 Å². The third-order valence-corrected chi connectivity index (χ3v) is 2.22. The van der Waals surface area contributed by atoms with E-state index < -0.39 is 29.9 Å². The largest absolute Gasteiger partial charge is 0.465 e. The van der Waals surface area contributed by atoms with Crippen molar-refractivity contribution in [2.45, 2.75) is 45.3 Å². The summed E-state index contributed by atoms with van der Waals surface area (Å²) >= 11 is 0. The summed E-state index contributed by atoms with van der Waals surface area (Å²) < 4.78 is 5.03. The molecule has 0 aliphatic rings. The van der Waals surface area contributed by atoms with Crippen molar-refractivity contribution in [3.63, 3.8) is 0 Å². The molecule has 0 aliphatic carbocycles. The standard InChI is InChI=1S/C12H23N3O6/c1-12(2,3)21-11(20)14-7-8(15-10(18)19)5-4-6-13-9(16)17/h8,13,15H,4-7H2,1-3H3,(H,14,20)(H,16,17)(H,18,19)/t8-/m0/s1. The van der Waals surface area contributed by atoms with Crippen molar-refractivity contribution in [1.29, 1.82) is 0 Å². The number of amides is 3. The van der Waals surface area contributed by atoms with Crippen molar-refractivity contribution in [1.82, 2.24) is 16.0 Å². The van der Waals surface area contributed by atoms with Gasteiger partial charge in [-0.1, -0.05) is 0 Å². The van der Waals surface area contributed by atoms with E-state index in [0.29, 0.717) is 12.8 Å². The number of ether oxygens (including phenoxy) is 1. The molecule has 1 atom stereocenters. The Balaban J connectivity index is 4.14. The molecule has 9 nitrogen and oxygen atoms in total. The zero-order chi connectivity index (χ0) is 16.5. The maximum Gasteiger partial charge on any atom is 0.407 e. The fourth-order valence-corrected chi connectivity index (χ4v) is 1.46. The van der Waals surface area contributed by atoms with Gasteiger partial charge in [0.2, 0.25) is 0 Å². The molecule has 5 N–H and O–H groups in total. The summed E-state index contributed by atoms with van der Waals surface area (Å²) in [6, 6.07) is -0.523. The van der Waals surface area contributed by atoms with Gasteiger partial charge in [0, 0.05) is 19.1 Å². The van der Waals surface area contributed by atoms with Crippen LogP contribution in [0.4, 0.5) is 14.4 Å². The number of carbonyl (C=O) groups excluding carboxylic acids is 1. The van der Waals surface area contributed by atoms with Crippen LogP contribution >= 0.6 is 0 Å². The second-order valence-electron chi connectivity index (χ2n) is 5.40. The van der Waals surface area contributed by atoms with Crippen LogP contribution in [0.5, 0.6) is 0 Å². The van der Waals surface area contributed by atoms with Gasteiger partial charge in [-0.3, -0.25) is 0 Å². The molecule has 0 radical (unpaired) electrons. The van der Waals surface area contributed by atoms with Crippen LogP contribution in [0.1, 0.15) is 33.6 Å². The molecule has 0 unspecified atom stereocenters. The predicted octanol–water partition coefficient (Wildman–Crippen LogP) is 1.20. The zero-order valence-electron chi connectivity index (χ0n) is 12.4. The van der Waals surface area contributed by atoms with Gasteiger partial charge in [0.25, 0.3) is 0 Å². The maximum absolute atomic E-state index is 11.5. The highest BCUT2D eigenvalue weighted by Crippen LogP contribution is 2.06. The molecule has 0 rings (SSSR count). The zero-order valence-corrected chi connectivity index (χ0v) is 12.4. The molecule has 0 aromatic rings. The number of hydrogen-bond donors (Lipinski definition) is 5. The number of nitrogens with one attached hydrogen (secondary N) is 3. The van der Waals surface area contributed by atoms with Crippen molar-refractivity contribution >= 4 is 18.3 Å². The van der Waals surface area contributed by atoms with Crippen molar-refractivity contribution in [2.24, 2.45) is 0 Å². The molecular weight excluding hydrogens is 282 g/mol. The van der Waals surface area contributed by atoms with Gasteiger partial charge in [-0.25, -0.2) is 14.4 Å². The van der Waals surface area contributed by atoms with Crippen molar-refractivity contribution in [3.8, 4) is 0 Å². The normalized spacial score (nSPS) is 12.1. The maximum atomic E-state index is 11.5. The average Bonchev–Trinajstić information content (AvgIpc) is 2.28. The Morgan fingerprint density at radius 1 is 1.10 bits per heavy atom. The molecule has 0 saturated heterocycles. The van der Waals surface area contributed by atoms with E-state index in [1.165, 1.54) is 0 Å². The third kappa shape index (κ3) is 12.6. The Labute approximate surface area is 123 Å². The summed E-state index contributed by atoms with van der Waals surface area (Å²) in [7, 11) is 0. The average molecular weight is 305 g/mol. The highest BCUT2D eigenvalue weighted by atomic mass is 16.6. The second-order valence-corrected chi connectivity index (χ2v) is 5.40. The van der Waals surface area contributed by atoms with Crippen LogP contribution in [0.2, 0.25) is 0 Å². The Kier molecular flexibility index (Phi) is 7.95. The van der Waals surface area contributed by atoms with E-state index in [0.717, 1.165) is 0 Å². The van der Waals surface area contributed by atoms with Gasteiger partial charge in [-0.05, 0) is 33.6 Å². The molecule has 0 saturated carbocycles. The summed E-state index contributed by atoms with van der Waals surface area (Å²) in [4.78, 5) is 32.4. The fraction of sp³-hybridized carbons (Fsp3) is 0.750. The Bertz CT molecular complexity index is 366. The van der Waals surface area contributed by atoms with Crippen LogP contribution in [-0.2, 0) is 4.74 Å². The molecule has 0 heterocycles. The van der Waals surface area contributed by atoms with Crippen molar-refractivity contribution in [2.75, 3.05) is 13.1 Å². The lowest BCUT2D eigenvalue weighted by Crippen LogP contribution is -2.44. The molecule has 9 heteroatoms. The minimum atomic E-state index is -1.21. The van der Waals surface area contributed by atoms with E-state index in [1.807, 2.05) is 0 Å². The Morgan fingerprint density at radius 2 is 1.71 bits per heavy atom. The van der Waals surface area contributed by atoms with Crippen molar-refractivity contribution < 1.29 is 29.3 Å². The van der Waals surface area contributed by atoms with Gasteiger partial charge in [0.15, 0.2) is 0 Å². The molecular formula is C12H23N3O6. The topological polar surface area (TPSA) is 137 Å². The molecule has 0 bridgehead atoms. The van der Waals surface area contributed by atoms with Crippen LogP contribution in [0, 0.1) is 0 Å². The molecule has 0 spiro atoms. The van der Waals surface area contributed by atoms with Gasteiger partial charge in [0.05, 0.1) is 0 Å². The molecule has 0 aliphatic heterocycles. The SMILES string of the molecule is CC(C)(C)OC(=O)NC[C@H](CCCNC(=O)O)NC(=O)O. The van der Waals surface area contributed by atoms with Crippen molar-refractivity contribution in [3.05, 3.63) is 0 Å². The summed E-state index contributed by atoms with van der Waals surface area (Å²) in [6.45, 7) is 5.43.